The summed E-state index contributed by atoms with van der Waals surface area (Å²) in [5.41, 5.74) is 1.16. The Morgan fingerprint density at radius 1 is 1.00 bits per heavy atom. The van der Waals surface area contributed by atoms with E-state index in [-0.39, 0.29) is 0 Å². The number of benzene rings is 1. The first kappa shape index (κ1) is 19.2. The number of piperidine rings is 2. The summed E-state index contributed by atoms with van der Waals surface area (Å²) in [5, 5.41) is 1.66. The van der Waals surface area contributed by atoms with Crippen molar-refractivity contribution in [1.29, 1.82) is 0 Å². The lowest BCUT2D eigenvalue weighted by Gasteiger charge is -2.45. The molecule has 2 aliphatic rings. The van der Waals surface area contributed by atoms with E-state index in [2.05, 4.69) is 4.90 Å². The SMILES string of the molecule is Clc1cccc(Cl)c1C1CCCC2CCCCN21.[O-][Cl+3]([O-])([O-])O. The van der Waals surface area contributed by atoms with E-state index in [4.69, 9.17) is 41.8 Å². The van der Waals surface area contributed by atoms with Gasteiger partial charge in [0, 0.05) is 27.7 Å². The van der Waals surface area contributed by atoms with Crippen molar-refractivity contribution in [1.82, 2.24) is 4.90 Å². The van der Waals surface area contributed by atoms with Crippen LogP contribution in [0.15, 0.2) is 18.2 Å². The van der Waals surface area contributed by atoms with E-state index in [1.807, 2.05) is 18.2 Å². The summed E-state index contributed by atoms with van der Waals surface area (Å²) in [4.78, 5) is 2.65. The third-order valence-electron chi connectivity index (χ3n) is 4.42. The van der Waals surface area contributed by atoms with E-state index in [1.54, 1.807) is 0 Å². The lowest BCUT2D eigenvalue weighted by Crippen LogP contribution is -2.58. The fourth-order valence-corrected chi connectivity index (χ4v) is 4.24. The van der Waals surface area contributed by atoms with Crippen LogP contribution in [0, 0.1) is 10.2 Å². The van der Waals surface area contributed by atoms with Crippen LogP contribution in [0.2, 0.25) is 10.0 Å². The van der Waals surface area contributed by atoms with E-state index in [9.17, 15) is 0 Å². The zero-order valence-corrected chi connectivity index (χ0v) is 14.9. The Kier molecular flexibility index (Phi) is 6.95. The predicted octanol–water partition coefficient (Wildman–Crippen LogP) is 0.949. The number of nitrogens with zero attached hydrogens (tertiary/aromatic N) is 1. The quantitative estimate of drug-likeness (QED) is 0.778. The molecule has 0 bridgehead atoms. The third-order valence-corrected chi connectivity index (χ3v) is 5.08. The van der Waals surface area contributed by atoms with E-state index in [0.717, 1.165) is 21.7 Å². The van der Waals surface area contributed by atoms with Crippen LogP contribution in [-0.2, 0) is 0 Å². The molecule has 8 heteroatoms. The Hall–Kier alpha value is -0.110. The van der Waals surface area contributed by atoms with E-state index < -0.39 is 10.2 Å². The van der Waals surface area contributed by atoms with Crippen molar-refractivity contribution >= 4 is 23.2 Å². The molecular formula is C15H20Cl3NO4. The van der Waals surface area contributed by atoms with Crippen molar-refractivity contribution < 1.29 is 28.9 Å². The molecule has 0 saturated carbocycles. The normalized spacial score (nSPS) is 25.3. The zero-order chi connectivity index (χ0) is 17.0. The second kappa shape index (κ2) is 8.32. The van der Waals surface area contributed by atoms with Gasteiger partial charge in [-0.25, -0.2) is 0 Å². The lowest BCUT2D eigenvalue weighted by molar-refractivity contribution is -1.92. The summed E-state index contributed by atoms with van der Waals surface area (Å²) in [6.07, 6.45) is 7.88. The van der Waals surface area contributed by atoms with Crippen LogP contribution in [0.3, 0.4) is 0 Å². The van der Waals surface area contributed by atoms with Crippen LogP contribution in [-0.4, -0.2) is 22.1 Å². The summed E-state index contributed by atoms with van der Waals surface area (Å²) in [7, 11) is -4.69. The maximum absolute atomic E-state index is 8.60. The van der Waals surface area contributed by atoms with Crippen molar-refractivity contribution in [2.75, 3.05) is 6.54 Å². The molecule has 23 heavy (non-hydrogen) atoms. The van der Waals surface area contributed by atoms with Crippen molar-refractivity contribution in [2.24, 2.45) is 0 Å². The molecule has 2 unspecified atom stereocenters. The van der Waals surface area contributed by atoms with Gasteiger partial charge in [-0.15, -0.1) is 0 Å². The molecular weight excluding hydrogens is 365 g/mol. The molecule has 2 fully saturated rings. The molecule has 2 heterocycles. The highest BCUT2D eigenvalue weighted by molar-refractivity contribution is 6.36. The fraction of sp³-hybridized carbons (Fsp3) is 0.600. The minimum absolute atomic E-state index is 0.435. The summed E-state index contributed by atoms with van der Waals surface area (Å²) >= 11 is 12.8. The lowest BCUT2D eigenvalue weighted by atomic mass is 9.86. The summed E-state index contributed by atoms with van der Waals surface area (Å²) in [5.74, 6) is 0. The van der Waals surface area contributed by atoms with Crippen LogP contribution in [0.25, 0.3) is 0 Å². The van der Waals surface area contributed by atoms with Crippen molar-refractivity contribution in [2.45, 2.75) is 50.6 Å². The number of hydrogen-bond donors (Lipinski definition) is 1. The van der Waals surface area contributed by atoms with Crippen LogP contribution >= 0.6 is 23.2 Å². The minimum atomic E-state index is -4.69. The van der Waals surface area contributed by atoms with Gasteiger partial charge in [0.15, 0.2) is 0 Å². The van der Waals surface area contributed by atoms with Crippen LogP contribution < -0.4 is 14.0 Å². The number of rotatable bonds is 1. The topological polar surface area (TPSA) is 92.7 Å². The van der Waals surface area contributed by atoms with Gasteiger partial charge in [-0.3, -0.25) is 4.90 Å². The first-order valence-electron chi connectivity index (χ1n) is 7.60. The third kappa shape index (κ3) is 5.73. The zero-order valence-electron chi connectivity index (χ0n) is 12.6. The van der Waals surface area contributed by atoms with Gasteiger partial charge in [0.05, 0.1) is 14.9 Å². The Morgan fingerprint density at radius 3 is 2.17 bits per heavy atom. The van der Waals surface area contributed by atoms with Gasteiger partial charge in [0.1, 0.15) is 0 Å². The summed E-state index contributed by atoms with van der Waals surface area (Å²) < 4.78 is 32.7. The Morgan fingerprint density at radius 2 is 1.57 bits per heavy atom. The smallest absolute Gasteiger partial charge is 0.0777 e. The molecule has 2 saturated heterocycles. The van der Waals surface area contributed by atoms with Gasteiger partial charge in [0.25, 0.3) is 0 Å². The minimum Gasteiger partial charge on any atom is -0.293 e. The van der Waals surface area contributed by atoms with Gasteiger partial charge in [-0.05, 0) is 50.8 Å². The van der Waals surface area contributed by atoms with Crippen molar-refractivity contribution in [3.8, 4) is 0 Å². The molecule has 0 amide bonds. The van der Waals surface area contributed by atoms with E-state index in [1.165, 1.54) is 45.1 Å². The average molecular weight is 385 g/mol. The van der Waals surface area contributed by atoms with Crippen molar-refractivity contribution in [3.05, 3.63) is 33.8 Å². The molecule has 0 aliphatic carbocycles. The monoisotopic (exact) mass is 383 g/mol. The molecule has 0 radical (unpaired) electrons. The van der Waals surface area contributed by atoms with Crippen LogP contribution in [0.1, 0.15) is 50.1 Å². The van der Waals surface area contributed by atoms with Gasteiger partial charge in [-0.1, -0.05) is 35.7 Å². The molecule has 1 N–H and O–H groups in total. The summed E-state index contributed by atoms with van der Waals surface area (Å²) in [6, 6.07) is 7.06. The molecule has 2 atom stereocenters. The second-order valence-corrected chi connectivity index (χ2v) is 7.47. The standard InChI is InChI=1S/C15H19Cl2N.ClHO4/c16-12-7-4-8-13(17)15(12)14-9-3-6-11-5-1-2-10-18(11)14;2-1(3,4)5/h4,7-8,11,14H,1-3,5-6,9-10H2;(H,2,3,4,5). The maximum Gasteiger partial charge on any atom is 0.0777 e. The number of hydrogen-bond acceptors (Lipinski definition) is 5. The second-order valence-electron chi connectivity index (χ2n) is 5.87. The van der Waals surface area contributed by atoms with Crippen LogP contribution in [0.5, 0.6) is 0 Å². The Balaban J connectivity index is 0.000000338. The number of fused-ring (bicyclic) bond motifs is 1. The highest BCUT2D eigenvalue weighted by Crippen LogP contribution is 2.43. The molecule has 1 aromatic carbocycles. The molecule has 1 aromatic rings. The van der Waals surface area contributed by atoms with Gasteiger partial charge < -0.3 is 0 Å². The first-order valence-corrected chi connectivity index (χ1v) is 9.62. The van der Waals surface area contributed by atoms with Gasteiger partial charge in [0.2, 0.25) is 0 Å². The van der Waals surface area contributed by atoms with E-state index >= 15 is 0 Å². The largest absolute Gasteiger partial charge is 0.293 e. The Labute approximate surface area is 148 Å². The average Bonchev–Trinajstić information content (AvgIpc) is 2.45. The van der Waals surface area contributed by atoms with Gasteiger partial charge >= 0.3 is 0 Å². The van der Waals surface area contributed by atoms with Crippen LogP contribution in [0.4, 0.5) is 0 Å². The first-order chi connectivity index (χ1) is 10.8. The van der Waals surface area contributed by atoms with Gasteiger partial charge in [-0.2, -0.15) is 14.0 Å². The highest BCUT2D eigenvalue weighted by Gasteiger charge is 2.34. The molecule has 3 rings (SSSR count). The fourth-order valence-electron chi connectivity index (χ4n) is 3.60. The maximum atomic E-state index is 8.60. The molecule has 2 aliphatic heterocycles. The Bertz CT molecular complexity index is 496. The molecule has 0 spiro atoms. The predicted molar refractivity (Wildman–Crippen MR) is 79.6 cm³/mol. The van der Waals surface area contributed by atoms with Crippen molar-refractivity contribution in [3.63, 3.8) is 0 Å². The molecule has 130 valence electrons. The summed E-state index contributed by atoms with van der Waals surface area (Å²) in [6.45, 7) is 1.21. The van der Waals surface area contributed by atoms with E-state index in [0.29, 0.717) is 6.04 Å². The molecule has 0 aromatic heterocycles. The highest BCUT2D eigenvalue weighted by atomic mass is 35.7. The number of halogens is 3. The molecule has 5 nitrogen and oxygen atoms in total.